The highest BCUT2D eigenvalue weighted by Gasteiger charge is 2.44. The molecule has 3 rings (SSSR count). The minimum Gasteiger partial charge on any atom is -0.383 e. The molecule has 23 heavy (non-hydrogen) atoms. The normalized spacial score (nSPS) is 19.3. The molecule has 3 heterocycles. The summed E-state index contributed by atoms with van der Waals surface area (Å²) in [6.45, 7) is 3.72. The van der Waals surface area contributed by atoms with Crippen LogP contribution in [0, 0.1) is 12.8 Å². The average molecular weight is 327 g/mol. The SMILES string of the molecule is Cc1cccc2nc(CN3CCC(C(O)C(F)(F)F)CC3)cn12. The Balaban J connectivity index is 1.61. The number of aliphatic hydroxyl groups excluding tert-OH is 1. The standard InChI is InChI=1S/C16H20F3N3O/c1-11-3-2-4-14-20-13(10-22(11)14)9-21-7-5-12(6-8-21)15(23)16(17,18)19/h2-4,10,12,15,23H,5-9H2,1H3. The highest BCUT2D eigenvalue weighted by molar-refractivity contribution is 5.41. The number of alkyl halides is 3. The first-order chi connectivity index (χ1) is 10.8. The average Bonchev–Trinajstić information content (AvgIpc) is 2.90. The van der Waals surface area contributed by atoms with E-state index in [0.29, 0.717) is 32.5 Å². The molecule has 1 saturated heterocycles. The van der Waals surface area contributed by atoms with Gasteiger partial charge in [-0.1, -0.05) is 6.07 Å². The number of nitrogens with zero attached hydrogens (tertiary/aromatic N) is 3. The zero-order valence-electron chi connectivity index (χ0n) is 12.9. The van der Waals surface area contributed by atoms with Crippen LogP contribution in [0.2, 0.25) is 0 Å². The predicted molar refractivity (Wildman–Crippen MR) is 80.0 cm³/mol. The van der Waals surface area contributed by atoms with Crippen molar-refractivity contribution in [1.82, 2.24) is 14.3 Å². The van der Waals surface area contributed by atoms with Gasteiger partial charge in [-0.05, 0) is 50.9 Å². The van der Waals surface area contributed by atoms with Crippen LogP contribution in [0.4, 0.5) is 13.2 Å². The van der Waals surface area contributed by atoms with Gasteiger partial charge in [0.25, 0.3) is 0 Å². The van der Waals surface area contributed by atoms with Crippen molar-refractivity contribution in [3.63, 3.8) is 0 Å². The summed E-state index contributed by atoms with van der Waals surface area (Å²) in [6, 6.07) is 5.89. The Bertz CT molecular complexity index is 675. The molecule has 1 N–H and O–H groups in total. The number of hydrogen-bond donors (Lipinski definition) is 1. The second-order valence-corrected chi connectivity index (χ2v) is 6.23. The number of hydrogen-bond acceptors (Lipinski definition) is 3. The minimum absolute atomic E-state index is 0.354. The molecule has 0 aromatic carbocycles. The van der Waals surface area contributed by atoms with Crippen LogP contribution in [0.5, 0.6) is 0 Å². The van der Waals surface area contributed by atoms with Crippen molar-refractivity contribution in [3.05, 3.63) is 35.8 Å². The van der Waals surface area contributed by atoms with E-state index in [4.69, 9.17) is 0 Å². The van der Waals surface area contributed by atoms with Gasteiger partial charge < -0.3 is 9.51 Å². The number of aryl methyl sites for hydroxylation is 1. The Labute approximate surface area is 132 Å². The van der Waals surface area contributed by atoms with E-state index >= 15 is 0 Å². The van der Waals surface area contributed by atoms with Crippen molar-refractivity contribution < 1.29 is 18.3 Å². The van der Waals surface area contributed by atoms with E-state index in [1.54, 1.807) is 0 Å². The summed E-state index contributed by atoms with van der Waals surface area (Å²) in [4.78, 5) is 6.65. The molecule has 1 aliphatic heterocycles. The molecule has 1 unspecified atom stereocenters. The van der Waals surface area contributed by atoms with Crippen LogP contribution in [0.3, 0.4) is 0 Å². The van der Waals surface area contributed by atoms with Crippen LogP contribution < -0.4 is 0 Å². The second-order valence-electron chi connectivity index (χ2n) is 6.23. The fourth-order valence-corrected chi connectivity index (χ4v) is 3.20. The molecule has 0 amide bonds. The van der Waals surface area contributed by atoms with Crippen molar-refractivity contribution in [2.75, 3.05) is 13.1 Å². The topological polar surface area (TPSA) is 40.8 Å². The number of imidazole rings is 1. The molecule has 1 fully saturated rings. The third kappa shape index (κ3) is 3.50. The molecule has 2 aromatic rings. The molecule has 7 heteroatoms. The van der Waals surface area contributed by atoms with Crippen molar-refractivity contribution in [2.24, 2.45) is 5.92 Å². The maximum Gasteiger partial charge on any atom is 0.414 e. The van der Waals surface area contributed by atoms with Crippen molar-refractivity contribution in [1.29, 1.82) is 0 Å². The molecule has 126 valence electrons. The lowest BCUT2D eigenvalue weighted by Crippen LogP contribution is -2.43. The Morgan fingerprint density at radius 1 is 1.30 bits per heavy atom. The van der Waals surface area contributed by atoms with E-state index < -0.39 is 18.2 Å². The van der Waals surface area contributed by atoms with Gasteiger partial charge in [-0.25, -0.2) is 4.98 Å². The summed E-state index contributed by atoms with van der Waals surface area (Å²) >= 11 is 0. The quantitative estimate of drug-likeness (QED) is 0.942. The number of halogens is 3. The van der Waals surface area contributed by atoms with Gasteiger partial charge in [0.2, 0.25) is 0 Å². The number of aromatic nitrogens is 2. The fraction of sp³-hybridized carbons (Fsp3) is 0.562. The van der Waals surface area contributed by atoms with Crippen LogP contribution in [-0.4, -0.2) is 44.8 Å². The van der Waals surface area contributed by atoms with Gasteiger partial charge >= 0.3 is 6.18 Å². The molecule has 0 spiro atoms. The molecule has 0 saturated carbocycles. The van der Waals surface area contributed by atoms with Crippen LogP contribution in [0.15, 0.2) is 24.4 Å². The van der Waals surface area contributed by atoms with E-state index in [1.807, 2.05) is 35.7 Å². The number of fused-ring (bicyclic) bond motifs is 1. The largest absolute Gasteiger partial charge is 0.414 e. The van der Waals surface area contributed by atoms with Crippen molar-refractivity contribution in [3.8, 4) is 0 Å². The number of rotatable bonds is 3. The van der Waals surface area contributed by atoms with Crippen molar-refractivity contribution >= 4 is 5.65 Å². The molecule has 0 bridgehead atoms. The number of likely N-dealkylation sites (tertiary alicyclic amines) is 1. The van der Waals surface area contributed by atoms with Crippen LogP contribution in [0.1, 0.15) is 24.2 Å². The Morgan fingerprint density at radius 3 is 2.61 bits per heavy atom. The maximum absolute atomic E-state index is 12.6. The molecular formula is C16H20F3N3O. The van der Waals surface area contributed by atoms with Crippen LogP contribution in [-0.2, 0) is 6.54 Å². The van der Waals surface area contributed by atoms with E-state index in [2.05, 4.69) is 9.88 Å². The summed E-state index contributed by atoms with van der Waals surface area (Å²) < 4.78 is 39.7. The van der Waals surface area contributed by atoms with Crippen LogP contribution in [0.25, 0.3) is 5.65 Å². The summed E-state index contributed by atoms with van der Waals surface area (Å²) in [5.41, 5.74) is 2.88. The van der Waals surface area contributed by atoms with E-state index in [1.165, 1.54) is 0 Å². The molecule has 0 radical (unpaired) electrons. The smallest absolute Gasteiger partial charge is 0.383 e. The first kappa shape index (κ1) is 16.3. The second kappa shape index (κ2) is 6.13. The third-order valence-electron chi connectivity index (χ3n) is 4.55. The number of pyridine rings is 1. The lowest BCUT2D eigenvalue weighted by Gasteiger charge is -2.34. The lowest BCUT2D eigenvalue weighted by molar-refractivity contribution is -0.223. The Morgan fingerprint density at radius 2 is 2.00 bits per heavy atom. The first-order valence-corrected chi connectivity index (χ1v) is 7.75. The Hall–Kier alpha value is -1.60. The lowest BCUT2D eigenvalue weighted by atomic mass is 9.91. The summed E-state index contributed by atoms with van der Waals surface area (Å²) in [6.07, 6.45) is -4.05. The van der Waals surface area contributed by atoms with Crippen LogP contribution >= 0.6 is 0 Å². The minimum atomic E-state index is -4.52. The molecule has 2 aromatic heterocycles. The van der Waals surface area contributed by atoms with Gasteiger partial charge in [0.1, 0.15) is 5.65 Å². The molecule has 1 aliphatic rings. The van der Waals surface area contributed by atoms with Gasteiger partial charge in [0.15, 0.2) is 6.10 Å². The molecule has 1 atom stereocenters. The number of piperidine rings is 1. The molecule has 4 nitrogen and oxygen atoms in total. The van der Waals surface area contributed by atoms with Gasteiger partial charge in [-0.3, -0.25) is 4.90 Å². The first-order valence-electron chi connectivity index (χ1n) is 7.75. The maximum atomic E-state index is 12.6. The summed E-state index contributed by atoms with van der Waals surface area (Å²) in [5, 5.41) is 9.35. The Kier molecular flexibility index (Phi) is 4.33. The predicted octanol–water partition coefficient (Wildman–Crippen LogP) is 2.78. The molecule has 0 aliphatic carbocycles. The van der Waals surface area contributed by atoms with Gasteiger partial charge in [-0.2, -0.15) is 13.2 Å². The zero-order valence-corrected chi connectivity index (χ0v) is 12.9. The highest BCUT2D eigenvalue weighted by Crippen LogP contribution is 2.31. The summed E-state index contributed by atoms with van der Waals surface area (Å²) in [7, 11) is 0. The van der Waals surface area contributed by atoms with Crippen molar-refractivity contribution in [2.45, 2.75) is 38.6 Å². The molecular weight excluding hydrogens is 307 g/mol. The van der Waals surface area contributed by atoms with E-state index in [9.17, 15) is 18.3 Å². The highest BCUT2D eigenvalue weighted by atomic mass is 19.4. The zero-order chi connectivity index (χ0) is 16.6. The van der Waals surface area contributed by atoms with Gasteiger partial charge in [0, 0.05) is 18.4 Å². The summed E-state index contributed by atoms with van der Waals surface area (Å²) in [5.74, 6) is -0.699. The fourth-order valence-electron chi connectivity index (χ4n) is 3.20. The van der Waals surface area contributed by atoms with E-state index in [-0.39, 0.29) is 0 Å². The van der Waals surface area contributed by atoms with E-state index in [0.717, 1.165) is 17.0 Å². The van der Waals surface area contributed by atoms with Gasteiger partial charge in [0.05, 0.1) is 5.69 Å². The third-order valence-corrected chi connectivity index (χ3v) is 4.55. The monoisotopic (exact) mass is 327 g/mol. The number of aliphatic hydroxyl groups is 1. The van der Waals surface area contributed by atoms with Gasteiger partial charge in [-0.15, -0.1) is 0 Å².